The number of rotatable bonds is 6. The summed E-state index contributed by atoms with van der Waals surface area (Å²) in [6, 6.07) is 8.08. The maximum atomic E-state index is 11.7. The van der Waals surface area contributed by atoms with Crippen molar-refractivity contribution in [1.29, 1.82) is 0 Å². The predicted octanol–water partition coefficient (Wildman–Crippen LogP) is 3.19. The van der Waals surface area contributed by atoms with Gasteiger partial charge in [-0.15, -0.1) is 0 Å². The summed E-state index contributed by atoms with van der Waals surface area (Å²) in [7, 11) is 0. The zero-order chi connectivity index (χ0) is 15.2. The summed E-state index contributed by atoms with van der Waals surface area (Å²) in [5.74, 6) is 1.06. The molecule has 0 radical (unpaired) electrons. The highest BCUT2D eigenvalue weighted by Gasteiger charge is 2.11. The fraction of sp³-hybridized carbons (Fsp3) is 0.400. The van der Waals surface area contributed by atoms with Crippen molar-refractivity contribution in [3.05, 3.63) is 33.7 Å². The predicted molar refractivity (Wildman–Crippen MR) is 88.7 cm³/mol. The highest BCUT2D eigenvalue weighted by Crippen LogP contribution is 2.17. The summed E-state index contributed by atoms with van der Waals surface area (Å²) in [5, 5.41) is 6.87. The van der Waals surface area contributed by atoms with Gasteiger partial charge in [-0.25, -0.2) is 0 Å². The van der Waals surface area contributed by atoms with Gasteiger partial charge in [0.2, 0.25) is 17.6 Å². The zero-order valence-corrected chi connectivity index (χ0v) is 14.3. The molecule has 0 fully saturated rings. The van der Waals surface area contributed by atoms with E-state index in [2.05, 4.69) is 38.0 Å². The van der Waals surface area contributed by atoms with Crippen LogP contribution in [-0.4, -0.2) is 22.1 Å². The normalized spacial score (nSPS) is 12.1. The Balaban J connectivity index is 1.91. The van der Waals surface area contributed by atoms with E-state index in [4.69, 9.17) is 4.52 Å². The smallest absolute Gasteiger partial charge is 0.227 e. The van der Waals surface area contributed by atoms with E-state index in [1.807, 2.05) is 38.1 Å². The van der Waals surface area contributed by atoms with E-state index < -0.39 is 0 Å². The number of nitrogens with one attached hydrogen (secondary N) is 1. The third-order valence-electron chi connectivity index (χ3n) is 3.16. The number of amides is 1. The summed E-state index contributed by atoms with van der Waals surface area (Å²) in [6.07, 6.45) is 1.74. The first kappa shape index (κ1) is 15.9. The topological polar surface area (TPSA) is 68.0 Å². The molecule has 112 valence electrons. The summed E-state index contributed by atoms with van der Waals surface area (Å²) < 4.78 is 6.34. The van der Waals surface area contributed by atoms with Gasteiger partial charge in [-0.2, -0.15) is 4.98 Å². The first-order chi connectivity index (χ1) is 10.1. The van der Waals surface area contributed by atoms with Crippen molar-refractivity contribution in [1.82, 2.24) is 15.5 Å². The van der Waals surface area contributed by atoms with E-state index >= 15 is 0 Å². The monoisotopic (exact) mass is 399 g/mol. The number of carbonyl (C=O) groups excluding carboxylic acids is 1. The molecule has 1 aromatic heterocycles. The van der Waals surface area contributed by atoms with Crippen molar-refractivity contribution in [3.8, 4) is 11.4 Å². The third-order valence-corrected chi connectivity index (χ3v) is 3.88. The van der Waals surface area contributed by atoms with Crippen LogP contribution in [0.25, 0.3) is 11.4 Å². The lowest BCUT2D eigenvalue weighted by atomic mass is 10.2. The highest BCUT2D eigenvalue weighted by molar-refractivity contribution is 14.1. The summed E-state index contributed by atoms with van der Waals surface area (Å²) in [6.45, 7) is 4.02. The van der Waals surface area contributed by atoms with Crippen molar-refractivity contribution in [2.45, 2.75) is 39.2 Å². The van der Waals surface area contributed by atoms with E-state index in [0.717, 1.165) is 15.6 Å². The molecule has 0 aliphatic rings. The minimum absolute atomic E-state index is 0.0124. The number of benzene rings is 1. The Hall–Kier alpha value is -1.44. The van der Waals surface area contributed by atoms with Crippen LogP contribution in [0.3, 0.4) is 0 Å². The second kappa shape index (κ2) is 7.53. The molecule has 2 rings (SSSR count). The maximum absolute atomic E-state index is 11.7. The van der Waals surface area contributed by atoms with Crippen LogP contribution in [0.5, 0.6) is 0 Å². The average Bonchev–Trinajstić information content (AvgIpc) is 2.94. The summed E-state index contributed by atoms with van der Waals surface area (Å²) >= 11 is 2.25. The molecule has 21 heavy (non-hydrogen) atoms. The molecule has 1 atom stereocenters. The molecule has 6 heteroatoms. The molecule has 0 saturated carbocycles. The fourth-order valence-corrected chi connectivity index (χ4v) is 2.10. The van der Waals surface area contributed by atoms with Crippen molar-refractivity contribution in [2.24, 2.45) is 0 Å². The SMILES string of the molecule is CC[C@H](C)NC(=O)CCc1nc(-c2ccc(I)cc2)no1. The van der Waals surface area contributed by atoms with Gasteiger partial charge < -0.3 is 9.84 Å². The van der Waals surface area contributed by atoms with Gasteiger partial charge in [0.05, 0.1) is 0 Å². The number of hydrogen-bond donors (Lipinski definition) is 1. The lowest BCUT2D eigenvalue weighted by Crippen LogP contribution is -2.32. The van der Waals surface area contributed by atoms with Gasteiger partial charge in [0.1, 0.15) is 0 Å². The van der Waals surface area contributed by atoms with Crippen LogP contribution in [0.1, 0.15) is 32.6 Å². The van der Waals surface area contributed by atoms with Gasteiger partial charge in [-0.3, -0.25) is 4.79 Å². The lowest BCUT2D eigenvalue weighted by molar-refractivity contribution is -0.121. The quantitative estimate of drug-likeness (QED) is 0.758. The Morgan fingerprint density at radius 2 is 2.10 bits per heavy atom. The van der Waals surface area contributed by atoms with Crippen LogP contribution in [0.4, 0.5) is 0 Å². The molecule has 1 aromatic carbocycles. The first-order valence-corrected chi connectivity index (χ1v) is 8.04. The molecule has 0 aliphatic heterocycles. The van der Waals surface area contributed by atoms with E-state index in [1.54, 1.807) is 0 Å². The minimum Gasteiger partial charge on any atom is -0.354 e. The Morgan fingerprint density at radius 3 is 2.76 bits per heavy atom. The molecule has 0 spiro atoms. The van der Waals surface area contributed by atoms with Gasteiger partial charge >= 0.3 is 0 Å². The molecular formula is C15H18IN3O2. The molecular weight excluding hydrogens is 381 g/mol. The molecule has 0 saturated heterocycles. The van der Waals surface area contributed by atoms with Gasteiger partial charge in [-0.1, -0.05) is 24.2 Å². The highest BCUT2D eigenvalue weighted by atomic mass is 127. The van der Waals surface area contributed by atoms with Crippen LogP contribution < -0.4 is 5.32 Å². The first-order valence-electron chi connectivity index (χ1n) is 6.96. The molecule has 1 amide bonds. The largest absolute Gasteiger partial charge is 0.354 e. The summed E-state index contributed by atoms with van der Waals surface area (Å²) in [5.41, 5.74) is 0.912. The number of hydrogen-bond acceptors (Lipinski definition) is 4. The molecule has 5 nitrogen and oxygen atoms in total. The van der Waals surface area contributed by atoms with Crippen molar-refractivity contribution < 1.29 is 9.32 Å². The van der Waals surface area contributed by atoms with Crippen molar-refractivity contribution >= 4 is 28.5 Å². The number of halogens is 1. The second-order valence-corrected chi connectivity index (χ2v) is 6.14. The van der Waals surface area contributed by atoms with Crippen LogP contribution in [0.15, 0.2) is 28.8 Å². The molecule has 1 heterocycles. The number of aromatic nitrogens is 2. The number of carbonyl (C=O) groups is 1. The van der Waals surface area contributed by atoms with Gasteiger partial charge in [0, 0.05) is 28.0 Å². The standard InChI is InChI=1S/C15H18IN3O2/c1-3-10(2)17-13(20)8-9-14-18-15(19-21-14)11-4-6-12(16)7-5-11/h4-7,10H,3,8-9H2,1-2H3,(H,17,20)/t10-/m0/s1. The Labute approximate surface area is 137 Å². The Kier molecular flexibility index (Phi) is 5.72. The average molecular weight is 399 g/mol. The van der Waals surface area contributed by atoms with Gasteiger partial charge in [-0.05, 0) is 48.1 Å². The Morgan fingerprint density at radius 1 is 1.38 bits per heavy atom. The van der Waals surface area contributed by atoms with Gasteiger partial charge in [0.25, 0.3) is 0 Å². The van der Waals surface area contributed by atoms with Crippen LogP contribution >= 0.6 is 22.6 Å². The van der Waals surface area contributed by atoms with Crippen LogP contribution in [0, 0.1) is 3.57 Å². The zero-order valence-electron chi connectivity index (χ0n) is 12.1. The minimum atomic E-state index is 0.0124. The molecule has 0 bridgehead atoms. The fourth-order valence-electron chi connectivity index (χ4n) is 1.74. The number of aryl methyl sites for hydroxylation is 1. The van der Waals surface area contributed by atoms with Crippen LogP contribution in [-0.2, 0) is 11.2 Å². The number of nitrogens with zero attached hydrogens (tertiary/aromatic N) is 2. The Bertz CT molecular complexity index is 595. The summed E-state index contributed by atoms with van der Waals surface area (Å²) in [4.78, 5) is 16.0. The maximum Gasteiger partial charge on any atom is 0.227 e. The lowest BCUT2D eigenvalue weighted by Gasteiger charge is -2.10. The molecule has 0 aliphatic carbocycles. The molecule has 2 aromatic rings. The second-order valence-electron chi connectivity index (χ2n) is 4.90. The van der Waals surface area contributed by atoms with E-state index in [-0.39, 0.29) is 11.9 Å². The molecule has 1 N–H and O–H groups in total. The van der Waals surface area contributed by atoms with E-state index in [9.17, 15) is 4.79 Å². The van der Waals surface area contributed by atoms with Crippen LogP contribution in [0.2, 0.25) is 0 Å². The van der Waals surface area contributed by atoms with Crippen molar-refractivity contribution in [2.75, 3.05) is 0 Å². The van der Waals surface area contributed by atoms with E-state index in [1.165, 1.54) is 0 Å². The molecule has 0 unspecified atom stereocenters. The van der Waals surface area contributed by atoms with Gasteiger partial charge in [0.15, 0.2) is 0 Å². The third kappa shape index (κ3) is 4.80. The van der Waals surface area contributed by atoms with Crippen molar-refractivity contribution in [3.63, 3.8) is 0 Å². The van der Waals surface area contributed by atoms with E-state index in [0.29, 0.717) is 24.6 Å².